The normalized spacial score (nSPS) is 10.4. The minimum Gasteiger partial charge on any atom is -0.351 e. The van der Waals surface area contributed by atoms with E-state index in [0.717, 1.165) is 12.1 Å². The molecule has 0 fully saturated rings. The van der Waals surface area contributed by atoms with E-state index in [1.807, 2.05) is 0 Å². The molecule has 3 aromatic rings. The van der Waals surface area contributed by atoms with Gasteiger partial charge in [0.15, 0.2) is 0 Å². The lowest BCUT2D eigenvalue weighted by molar-refractivity contribution is 0.102. The van der Waals surface area contributed by atoms with Crippen LogP contribution in [0.25, 0.3) is 0 Å². The van der Waals surface area contributed by atoms with Crippen LogP contribution in [0.2, 0.25) is 0 Å². The Morgan fingerprint density at radius 1 is 0.720 bits per heavy atom. The molecule has 0 atom stereocenters. The van der Waals surface area contributed by atoms with Crippen LogP contribution in [0.3, 0.4) is 0 Å². The molecule has 1 amide bonds. The van der Waals surface area contributed by atoms with Gasteiger partial charge in [0.2, 0.25) is 0 Å². The second-order valence-electron chi connectivity index (χ2n) is 5.26. The number of nitrogens with one attached hydrogen (secondary N) is 2. The summed E-state index contributed by atoms with van der Waals surface area (Å²) in [5.41, 5.74) is 1.03. The Hall–Kier alpha value is -3.28. The average molecular weight is 342 g/mol. The highest BCUT2D eigenvalue weighted by Crippen LogP contribution is 2.24. The third-order valence-corrected chi connectivity index (χ3v) is 3.48. The Morgan fingerprint density at radius 2 is 1.28 bits per heavy atom. The summed E-state index contributed by atoms with van der Waals surface area (Å²) in [5, 5.41) is 5.31. The first-order valence-corrected chi connectivity index (χ1v) is 7.41. The largest absolute Gasteiger partial charge is 0.351 e. The summed E-state index contributed by atoms with van der Waals surface area (Å²) in [5.74, 6) is -2.21. The maximum absolute atomic E-state index is 13.6. The molecular weight excluding hydrogens is 329 g/mol. The van der Waals surface area contributed by atoms with E-state index in [4.69, 9.17) is 0 Å². The fourth-order valence-corrected chi connectivity index (χ4v) is 2.20. The van der Waals surface area contributed by atoms with Crippen LogP contribution < -0.4 is 10.6 Å². The fourth-order valence-electron chi connectivity index (χ4n) is 2.20. The Labute approximate surface area is 142 Å². The van der Waals surface area contributed by atoms with Gasteiger partial charge in [0.1, 0.15) is 23.1 Å². The van der Waals surface area contributed by atoms with Gasteiger partial charge in [0, 0.05) is 16.9 Å². The number of hydrogen-bond donors (Lipinski definition) is 2. The van der Waals surface area contributed by atoms with Crippen LogP contribution in [0.4, 0.5) is 30.2 Å². The molecule has 3 nitrogen and oxygen atoms in total. The molecule has 0 radical (unpaired) electrons. The summed E-state index contributed by atoms with van der Waals surface area (Å²) in [6, 6.07) is 15.1. The van der Waals surface area contributed by atoms with E-state index >= 15 is 0 Å². The topological polar surface area (TPSA) is 41.1 Å². The summed E-state index contributed by atoms with van der Waals surface area (Å²) in [7, 11) is 0. The SMILES string of the molecule is O=C(Nc1ccc(Nc2c(F)cccc2F)cc1)c1ccc(F)cc1. The molecule has 0 aliphatic heterocycles. The van der Waals surface area contributed by atoms with Gasteiger partial charge >= 0.3 is 0 Å². The van der Waals surface area contributed by atoms with Crippen LogP contribution in [-0.2, 0) is 0 Å². The van der Waals surface area contributed by atoms with Crippen LogP contribution in [0.1, 0.15) is 10.4 Å². The van der Waals surface area contributed by atoms with Gasteiger partial charge in [-0.1, -0.05) is 6.07 Å². The number of rotatable bonds is 4. The molecule has 0 heterocycles. The maximum Gasteiger partial charge on any atom is 0.255 e. The van der Waals surface area contributed by atoms with Gasteiger partial charge in [-0.05, 0) is 60.7 Å². The minimum atomic E-state index is -0.700. The molecule has 6 heteroatoms. The summed E-state index contributed by atoms with van der Waals surface area (Å²) < 4.78 is 40.1. The molecule has 25 heavy (non-hydrogen) atoms. The fraction of sp³-hybridized carbons (Fsp3) is 0. The van der Waals surface area contributed by atoms with E-state index < -0.39 is 17.5 Å². The summed E-state index contributed by atoms with van der Waals surface area (Å²) >= 11 is 0. The summed E-state index contributed by atoms with van der Waals surface area (Å²) in [6.45, 7) is 0. The van der Waals surface area contributed by atoms with Crippen molar-refractivity contribution >= 4 is 23.0 Å². The highest BCUT2D eigenvalue weighted by atomic mass is 19.1. The number of hydrogen-bond acceptors (Lipinski definition) is 2. The van der Waals surface area contributed by atoms with Crippen molar-refractivity contribution in [2.75, 3.05) is 10.6 Å². The van der Waals surface area contributed by atoms with E-state index in [2.05, 4.69) is 10.6 Å². The van der Waals surface area contributed by atoms with E-state index in [1.165, 1.54) is 30.3 Å². The molecule has 0 bridgehead atoms. The summed E-state index contributed by atoms with van der Waals surface area (Å²) in [6.07, 6.45) is 0. The van der Waals surface area contributed by atoms with Crippen molar-refractivity contribution in [3.8, 4) is 0 Å². The highest BCUT2D eigenvalue weighted by Gasteiger charge is 2.09. The summed E-state index contributed by atoms with van der Waals surface area (Å²) in [4.78, 5) is 12.0. The molecule has 0 aromatic heterocycles. The van der Waals surface area contributed by atoms with Crippen molar-refractivity contribution in [3.63, 3.8) is 0 Å². The van der Waals surface area contributed by atoms with Gasteiger partial charge in [-0.2, -0.15) is 0 Å². The van der Waals surface area contributed by atoms with Crippen molar-refractivity contribution < 1.29 is 18.0 Å². The quantitative estimate of drug-likeness (QED) is 0.692. The van der Waals surface area contributed by atoms with E-state index in [-0.39, 0.29) is 11.6 Å². The molecule has 0 aliphatic rings. The molecule has 3 aromatic carbocycles. The first-order valence-electron chi connectivity index (χ1n) is 7.41. The Morgan fingerprint density at radius 3 is 1.88 bits per heavy atom. The second-order valence-corrected chi connectivity index (χ2v) is 5.26. The third-order valence-electron chi connectivity index (χ3n) is 3.48. The third kappa shape index (κ3) is 3.98. The number of carbonyl (C=O) groups is 1. The van der Waals surface area contributed by atoms with Crippen molar-refractivity contribution in [1.29, 1.82) is 0 Å². The number of benzene rings is 3. The van der Waals surface area contributed by atoms with E-state index in [9.17, 15) is 18.0 Å². The zero-order chi connectivity index (χ0) is 17.8. The zero-order valence-corrected chi connectivity index (χ0v) is 12.9. The lowest BCUT2D eigenvalue weighted by atomic mass is 10.2. The maximum atomic E-state index is 13.6. The smallest absolute Gasteiger partial charge is 0.255 e. The molecule has 0 saturated heterocycles. The predicted molar refractivity (Wildman–Crippen MR) is 90.4 cm³/mol. The number of para-hydroxylation sites is 1. The second kappa shape index (κ2) is 7.09. The lowest BCUT2D eigenvalue weighted by Gasteiger charge is -2.10. The molecule has 0 saturated carbocycles. The zero-order valence-electron chi connectivity index (χ0n) is 12.9. The van der Waals surface area contributed by atoms with E-state index in [0.29, 0.717) is 16.9 Å². The first-order chi connectivity index (χ1) is 12.0. The molecular formula is C19H13F3N2O. The van der Waals surface area contributed by atoms with Crippen LogP contribution in [0, 0.1) is 17.5 Å². The predicted octanol–water partition coefficient (Wildman–Crippen LogP) is 5.10. The molecule has 0 spiro atoms. The molecule has 0 unspecified atom stereocenters. The van der Waals surface area contributed by atoms with Gasteiger partial charge in [-0.15, -0.1) is 0 Å². The monoisotopic (exact) mass is 342 g/mol. The van der Waals surface area contributed by atoms with Crippen LogP contribution in [0.5, 0.6) is 0 Å². The van der Waals surface area contributed by atoms with Crippen molar-refractivity contribution in [2.24, 2.45) is 0 Å². The number of halogens is 3. The van der Waals surface area contributed by atoms with Gasteiger partial charge in [0.05, 0.1) is 0 Å². The molecule has 2 N–H and O–H groups in total. The standard InChI is InChI=1S/C19H13F3N2O/c20-13-6-4-12(5-7-13)19(25)24-15-10-8-14(9-11-15)23-18-16(21)2-1-3-17(18)22/h1-11,23H,(H,24,25). The molecule has 0 aliphatic carbocycles. The molecule has 3 rings (SSSR count). The number of anilines is 3. The van der Waals surface area contributed by atoms with Crippen LogP contribution in [-0.4, -0.2) is 5.91 Å². The van der Waals surface area contributed by atoms with Crippen molar-refractivity contribution in [2.45, 2.75) is 0 Å². The Bertz CT molecular complexity index is 873. The Balaban J connectivity index is 1.70. The lowest BCUT2D eigenvalue weighted by Crippen LogP contribution is -2.11. The van der Waals surface area contributed by atoms with Gasteiger partial charge < -0.3 is 10.6 Å². The highest BCUT2D eigenvalue weighted by molar-refractivity contribution is 6.04. The van der Waals surface area contributed by atoms with Crippen LogP contribution >= 0.6 is 0 Å². The van der Waals surface area contributed by atoms with Gasteiger partial charge in [-0.25, -0.2) is 13.2 Å². The average Bonchev–Trinajstić information content (AvgIpc) is 2.60. The molecule has 126 valence electrons. The van der Waals surface area contributed by atoms with Crippen molar-refractivity contribution in [3.05, 3.63) is 89.7 Å². The number of carbonyl (C=O) groups excluding carboxylic acids is 1. The first kappa shape index (κ1) is 16.6. The Kier molecular flexibility index (Phi) is 4.70. The van der Waals surface area contributed by atoms with Gasteiger partial charge in [-0.3, -0.25) is 4.79 Å². The minimum absolute atomic E-state index is 0.245. The van der Waals surface area contributed by atoms with Gasteiger partial charge in [0.25, 0.3) is 5.91 Å². The number of amides is 1. The van der Waals surface area contributed by atoms with E-state index in [1.54, 1.807) is 24.3 Å². The van der Waals surface area contributed by atoms with Crippen molar-refractivity contribution in [1.82, 2.24) is 0 Å². The van der Waals surface area contributed by atoms with Crippen LogP contribution in [0.15, 0.2) is 66.7 Å².